The first kappa shape index (κ1) is 14.9. The van der Waals surface area contributed by atoms with Gasteiger partial charge in [-0.05, 0) is 39.2 Å². The highest BCUT2D eigenvalue weighted by atomic mass is 79.9. The van der Waals surface area contributed by atoms with Crippen molar-refractivity contribution in [3.05, 3.63) is 10.6 Å². The molecule has 4 heteroatoms. The lowest BCUT2D eigenvalue weighted by Crippen LogP contribution is -2.57. The van der Waals surface area contributed by atoms with Crippen molar-refractivity contribution in [1.29, 1.82) is 0 Å². The molecule has 3 aliphatic rings. The summed E-state index contributed by atoms with van der Waals surface area (Å²) in [5.41, 5.74) is 0.224. The zero-order chi connectivity index (χ0) is 14.3. The van der Waals surface area contributed by atoms with Crippen LogP contribution < -0.4 is 0 Å². The van der Waals surface area contributed by atoms with Gasteiger partial charge in [-0.25, -0.2) is 0 Å². The van der Waals surface area contributed by atoms with E-state index in [1.54, 1.807) is 0 Å². The molecule has 0 bridgehead atoms. The minimum atomic E-state index is -0.143. The van der Waals surface area contributed by atoms with Gasteiger partial charge in [-0.15, -0.1) is 11.6 Å². The number of allylic oxidation sites excluding steroid dienone is 1. The fourth-order valence-corrected chi connectivity index (χ4v) is 5.82. The zero-order valence-electron chi connectivity index (χ0n) is 11.9. The highest BCUT2D eigenvalue weighted by Crippen LogP contribution is 2.71. The molecule has 0 aromatic heterocycles. The van der Waals surface area contributed by atoms with Gasteiger partial charge >= 0.3 is 0 Å². The van der Waals surface area contributed by atoms with Crippen molar-refractivity contribution in [2.24, 2.45) is 10.8 Å². The lowest BCUT2D eigenvalue weighted by molar-refractivity contribution is -0.0251. The van der Waals surface area contributed by atoms with Gasteiger partial charge in [0, 0.05) is 20.1 Å². The first-order valence-electron chi connectivity index (χ1n) is 6.95. The maximum Gasteiger partial charge on any atom is 0.107 e. The summed E-state index contributed by atoms with van der Waals surface area (Å²) >= 11 is 14.3. The Labute approximate surface area is 137 Å². The maximum atomic E-state index is 6.65. The van der Waals surface area contributed by atoms with E-state index in [1.165, 1.54) is 4.48 Å². The molecule has 1 spiro atoms. The average molecular weight is 413 g/mol. The van der Waals surface area contributed by atoms with Crippen molar-refractivity contribution < 1.29 is 4.74 Å². The van der Waals surface area contributed by atoms with Crippen LogP contribution >= 0.6 is 43.5 Å². The number of hydrogen-bond acceptors (Lipinski definition) is 1. The van der Waals surface area contributed by atoms with E-state index in [2.05, 4.69) is 65.6 Å². The van der Waals surface area contributed by atoms with Crippen LogP contribution in [0.1, 0.15) is 47.0 Å². The number of alkyl halides is 2. The van der Waals surface area contributed by atoms with Crippen LogP contribution in [0.2, 0.25) is 0 Å². The normalized spacial score (nSPS) is 55.6. The Balaban J connectivity index is 2.06. The molecule has 1 saturated heterocycles. The van der Waals surface area contributed by atoms with E-state index in [1.807, 2.05) is 0 Å². The molecular weight excluding hydrogens is 391 g/mol. The molecule has 1 heterocycles. The predicted molar refractivity (Wildman–Crippen MR) is 87.3 cm³/mol. The molecule has 1 aliphatic heterocycles. The third-order valence-electron chi connectivity index (χ3n) is 6.12. The number of hydrogen-bond donors (Lipinski definition) is 0. The summed E-state index contributed by atoms with van der Waals surface area (Å²) in [6, 6.07) is 0. The van der Waals surface area contributed by atoms with Gasteiger partial charge in [-0.3, -0.25) is 0 Å². The van der Waals surface area contributed by atoms with E-state index < -0.39 is 0 Å². The summed E-state index contributed by atoms with van der Waals surface area (Å²) in [6.45, 7) is 9.11. The second-order valence-electron chi connectivity index (χ2n) is 7.32. The number of halogens is 3. The van der Waals surface area contributed by atoms with Crippen molar-refractivity contribution in [2.45, 2.75) is 68.4 Å². The first-order chi connectivity index (χ1) is 8.57. The average Bonchev–Trinajstić information content (AvgIpc) is 2.94. The molecule has 1 saturated carbocycles. The van der Waals surface area contributed by atoms with Crippen LogP contribution in [-0.2, 0) is 4.74 Å². The second-order valence-corrected chi connectivity index (χ2v) is 10.1. The van der Waals surface area contributed by atoms with E-state index in [9.17, 15) is 0 Å². The molecule has 0 aromatic carbocycles. The summed E-state index contributed by atoms with van der Waals surface area (Å²) < 4.78 is 7.40. The van der Waals surface area contributed by atoms with Crippen molar-refractivity contribution in [3.8, 4) is 0 Å². The van der Waals surface area contributed by atoms with Gasteiger partial charge in [-0.1, -0.05) is 45.7 Å². The van der Waals surface area contributed by atoms with Crippen molar-refractivity contribution >= 4 is 43.5 Å². The van der Waals surface area contributed by atoms with Gasteiger partial charge in [0.05, 0.1) is 4.87 Å². The van der Waals surface area contributed by atoms with Crippen LogP contribution in [0.3, 0.4) is 0 Å². The molecular formula is C15H21Br2ClO. The Hall–Kier alpha value is 0.950. The molecule has 2 aliphatic carbocycles. The summed E-state index contributed by atoms with van der Waals surface area (Å²) in [5, 5.41) is 0. The summed E-state index contributed by atoms with van der Waals surface area (Å²) in [4.78, 5) is 0.185. The quantitative estimate of drug-likeness (QED) is 0.384. The number of epoxide rings is 1. The molecule has 2 fully saturated rings. The molecule has 19 heavy (non-hydrogen) atoms. The van der Waals surface area contributed by atoms with E-state index in [4.69, 9.17) is 16.3 Å². The lowest BCUT2D eigenvalue weighted by Gasteiger charge is -2.57. The van der Waals surface area contributed by atoms with Crippen molar-refractivity contribution in [1.82, 2.24) is 0 Å². The van der Waals surface area contributed by atoms with Gasteiger partial charge in [0.25, 0.3) is 0 Å². The molecule has 0 aromatic rings. The minimum absolute atomic E-state index is 0.0207. The van der Waals surface area contributed by atoms with Crippen LogP contribution in [0, 0.1) is 10.8 Å². The van der Waals surface area contributed by atoms with E-state index in [-0.39, 0.29) is 27.4 Å². The number of fused-ring (bicyclic) bond motifs is 2. The fraction of sp³-hybridized carbons (Fsp3) is 0.867. The first-order valence-corrected chi connectivity index (χ1v) is 9.04. The summed E-state index contributed by atoms with van der Waals surface area (Å²) in [7, 11) is 0. The zero-order valence-corrected chi connectivity index (χ0v) is 15.8. The van der Waals surface area contributed by atoms with E-state index >= 15 is 0 Å². The molecule has 0 radical (unpaired) electrons. The van der Waals surface area contributed by atoms with Crippen LogP contribution in [0.4, 0.5) is 0 Å². The van der Waals surface area contributed by atoms with Crippen LogP contribution in [-0.4, -0.2) is 21.4 Å². The fourth-order valence-electron chi connectivity index (χ4n) is 4.25. The Morgan fingerprint density at radius 3 is 2.47 bits per heavy atom. The molecule has 5 atom stereocenters. The Morgan fingerprint density at radius 1 is 1.26 bits per heavy atom. The van der Waals surface area contributed by atoms with Gasteiger partial charge < -0.3 is 4.74 Å². The summed E-state index contributed by atoms with van der Waals surface area (Å²) in [6.07, 6.45) is 5.74. The number of ether oxygens (including phenoxy) is 1. The van der Waals surface area contributed by atoms with Crippen LogP contribution in [0.15, 0.2) is 10.6 Å². The van der Waals surface area contributed by atoms with Gasteiger partial charge in [0.1, 0.15) is 11.7 Å². The highest BCUT2D eigenvalue weighted by Gasteiger charge is 2.73. The maximum absolute atomic E-state index is 6.65. The molecule has 0 amide bonds. The third-order valence-corrected chi connectivity index (χ3v) is 9.43. The van der Waals surface area contributed by atoms with E-state index in [0.717, 1.165) is 19.3 Å². The lowest BCUT2D eigenvalue weighted by atomic mass is 9.49. The predicted octanol–water partition coefficient (Wildman–Crippen LogP) is 5.39. The minimum Gasteiger partial charge on any atom is -0.361 e. The van der Waals surface area contributed by atoms with Gasteiger partial charge in [0.2, 0.25) is 0 Å². The Morgan fingerprint density at radius 2 is 1.89 bits per heavy atom. The third kappa shape index (κ3) is 1.74. The van der Waals surface area contributed by atoms with Crippen LogP contribution in [0.5, 0.6) is 0 Å². The van der Waals surface area contributed by atoms with Gasteiger partial charge in [-0.2, -0.15) is 0 Å². The SMILES string of the molecule is CC1(C)C(Br)=C[C@@H]2O[C@]2(C)[C@@]12CC[C@](C)(Cl)[C@@H](Br)C2. The molecule has 3 rings (SSSR count). The molecule has 0 unspecified atom stereocenters. The van der Waals surface area contributed by atoms with E-state index in [0.29, 0.717) is 4.83 Å². The molecule has 108 valence electrons. The largest absolute Gasteiger partial charge is 0.361 e. The number of rotatable bonds is 0. The van der Waals surface area contributed by atoms with Crippen LogP contribution in [0.25, 0.3) is 0 Å². The second kappa shape index (κ2) is 4.02. The monoisotopic (exact) mass is 410 g/mol. The molecule has 0 N–H and O–H groups in total. The summed E-state index contributed by atoms with van der Waals surface area (Å²) in [5.74, 6) is 0. The smallest absolute Gasteiger partial charge is 0.107 e. The highest BCUT2D eigenvalue weighted by molar-refractivity contribution is 9.11. The topological polar surface area (TPSA) is 12.5 Å². The molecule has 1 nitrogen and oxygen atoms in total. The standard InChI is InChI=1S/C15H21Br2ClO/c1-12(2)9(16)7-11-14(4,19-11)15(12)6-5-13(3,18)10(17)8-15/h7,10-11H,5-6,8H2,1-4H3/t10-,11-,13-,14-,15+/m0/s1. The van der Waals surface area contributed by atoms with Crippen molar-refractivity contribution in [3.63, 3.8) is 0 Å². The van der Waals surface area contributed by atoms with Gasteiger partial charge in [0.15, 0.2) is 0 Å². The van der Waals surface area contributed by atoms with Crippen molar-refractivity contribution in [2.75, 3.05) is 0 Å². The Bertz CT molecular complexity index is 459. The Kier molecular flexibility index (Phi) is 3.15.